The van der Waals surface area contributed by atoms with Crippen LogP contribution >= 0.6 is 0 Å². The second-order valence-corrected chi connectivity index (χ2v) is 4.60. The number of amidine groups is 1. The fraction of sp³-hybridized carbons (Fsp3) is 0.727. The van der Waals surface area contributed by atoms with Crippen molar-refractivity contribution in [3.05, 3.63) is 0 Å². The largest absolute Gasteiger partial charge is 0.349 e. The maximum absolute atomic E-state index is 12.0. The van der Waals surface area contributed by atoms with E-state index in [1.165, 1.54) is 0 Å². The van der Waals surface area contributed by atoms with Crippen LogP contribution in [0.15, 0.2) is 9.98 Å². The van der Waals surface area contributed by atoms with Gasteiger partial charge in [0.15, 0.2) is 6.17 Å². The molecule has 2 unspecified atom stereocenters. The Hall–Kier alpha value is -1.59. The molecule has 3 heterocycles. The summed E-state index contributed by atoms with van der Waals surface area (Å²) in [6.07, 6.45) is 3.75. The minimum Gasteiger partial charge on any atom is -0.349 e. The third-order valence-corrected chi connectivity index (χ3v) is 3.42. The van der Waals surface area contributed by atoms with Gasteiger partial charge in [-0.1, -0.05) is 6.92 Å². The highest BCUT2D eigenvalue weighted by Crippen LogP contribution is 2.24. The molecule has 6 heteroatoms. The van der Waals surface area contributed by atoms with E-state index in [1.807, 2.05) is 11.2 Å². The van der Waals surface area contributed by atoms with Gasteiger partial charge in [-0.05, 0) is 12.8 Å². The monoisotopic (exact) mass is 235 g/mol. The molecule has 3 aliphatic rings. The number of carbonyl (C=O) groups excluding carboxylic acids is 1. The van der Waals surface area contributed by atoms with Crippen molar-refractivity contribution in [2.45, 2.75) is 32.0 Å². The number of urea groups is 1. The van der Waals surface area contributed by atoms with Gasteiger partial charge in [-0.25, -0.2) is 9.79 Å². The molecule has 2 amide bonds. The minimum atomic E-state index is -0.0828. The van der Waals surface area contributed by atoms with Gasteiger partial charge in [-0.2, -0.15) is 0 Å². The summed E-state index contributed by atoms with van der Waals surface area (Å²) in [5, 5.41) is 2.91. The van der Waals surface area contributed by atoms with E-state index in [0.29, 0.717) is 0 Å². The Balaban J connectivity index is 1.92. The van der Waals surface area contributed by atoms with Gasteiger partial charge in [-0.3, -0.25) is 15.2 Å². The topological polar surface area (TPSA) is 60.3 Å². The number of hydrogen-bond donors (Lipinski definition) is 1. The first-order chi connectivity index (χ1) is 8.31. The summed E-state index contributed by atoms with van der Waals surface area (Å²) in [5.41, 5.74) is 0. The highest BCUT2D eigenvalue weighted by Gasteiger charge is 2.45. The summed E-state index contributed by atoms with van der Waals surface area (Å²) in [6.45, 7) is 4.57. The Morgan fingerprint density at radius 1 is 1.59 bits per heavy atom. The Labute approximate surface area is 100 Å². The van der Waals surface area contributed by atoms with Crippen LogP contribution in [0.25, 0.3) is 0 Å². The van der Waals surface area contributed by atoms with Crippen molar-refractivity contribution in [3.8, 4) is 0 Å². The molecule has 1 N–H and O–H groups in total. The van der Waals surface area contributed by atoms with E-state index in [-0.39, 0.29) is 18.2 Å². The van der Waals surface area contributed by atoms with Crippen molar-refractivity contribution in [2.24, 2.45) is 9.98 Å². The molecule has 0 spiro atoms. The van der Waals surface area contributed by atoms with Gasteiger partial charge < -0.3 is 4.90 Å². The average molecular weight is 235 g/mol. The fourth-order valence-electron chi connectivity index (χ4n) is 2.66. The molecule has 3 rings (SSSR count). The molecule has 1 fully saturated rings. The third-order valence-electron chi connectivity index (χ3n) is 3.42. The van der Waals surface area contributed by atoms with Crippen molar-refractivity contribution < 1.29 is 4.79 Å². The molecule has 0 aliphatic carbocycles. The van der Waals surface area contributed by atoms with Crippen LogP contribution < -0.4 is 5.32 Å². The maximum Gasteiger partial charge on any atom is 0.324 e. The molecule has 0 aromatic heterocycles. The zero-order chi connectivity index (χ0) is 11.8. The van der Waals surface area contributed by atoms with Gasteiger partial charge in [0, 0.05) is 19.6 Å². The minimum absolute atomic E-state index is 0.0623. The van der Waals surface area contributed by atoms with Crippen molar-refractivity contribution in [1.29, 1.82) is 0 Å². The zero-order valence-electron chi connectivity index (χ0n) is 9.96. The molecule has 1 saturated heterocycles. The van der Waals surface area contributed by atoms with Crippen LogP contribution in [-0.2, 0) is 0 Å². The molecular weight excluding hydrogens is 218 g/mol. The SMILES string of the molecule is CCCN1C(=O)NC2=NCCCN3C=NC1C23. The maximum atomic E-state index is 12.0. The molecule has 92 valence electrons. The number of hydrogen-bond acceptors (Lipinski definition) is 4. The normalized spacial score (nSPS) is 30.9. The summed E-state index contributed by atoms with van der Waals surface area (Å²) < 4.78 is 0. The van der Waals surface area contributed by atoms with Crippen molar-refractivity contribution in [1.82, 2.24) is 15.1 Å². The van der Waals surface area contributed by atoms with Gasteiger partial charge in [0.2, 0.25) is 0 Å². The first-order valence-corrected chi connectivity index (χ1v) is 6.22. The van der Waals surface area contributed by atoms with Crippen LogP contribution in [0, 0.1) is 0 Å². The quantitative estimate of drug-likeness (QED) is 0.746. The summed E-state index contributed by atoms with van der Waals surface area (Å²) in [7, 11) is 0. The van der Waals surface area contributed by atoms with E-state index in [0.717, 1.165) is 38.3 Å². The number of aliphatic imine (C=N–C) groups is 2. The number of rotatable bonds is 2. The molecule has 0 aromatic rings. The lowest BCUT2D eigenvalue weighted by Gasteiger charge is -2.39. The Morgan fingerprint density at radius 2 is 2.47 bits per heavy atom. The Morgan fingerprint density at radius 3 is 3.29 bits per heavy atom. The molecule has 0 saturated carbocycles. The predicted octanol–water partition coefficient (Wildman–Crippen LogP) is 0.262. The lowest BCUT2D eigenvalue weighted by atomic mass is 10.1. The smallest absolute Gasteiger partial charge is 0.324 e. The summed E-state index contributed by atoms with van der Waals surface area (Å²) >= 11 is 0. The fourth-order valence-corrected chi connectivity index (χ4v) is 2.66. The zero-order valence-corrected chi connectivity index (χ0v) is 9.96. The predicted molar refractivity (Wildman–Crippen MR) is 65.2 cm³/mol. The lowest BCUT2D eigenvalue weighted by molar-refractivity contribution is 0.155. The second kappa shape index (κ2) is 4.01. The Kier molecular flexibility index (Phi) is 2.49. The van der Waals surface area contributed by atoms with Crippen LogP contribution in [0.1, 0.15) is 19.8 Å². The number of carbonyl (C=O) groups is 1. The Bertz CT molecular complexity index is 391. The number of nitrogens with one attached hydrogen (secondary N) is 1. The summed E-state index contributed by atoms with van der Waals surface area (Å²) in [6, 6.07) is 0.0505. The second-order valence-electron chi connectivity index (χ2n) is 4.60. The molecular formula is C11H17N5O. The number of amides is 2. The van der Waals surface area contributed by atoms with E-state index in [2.05, 4.69) is 27.1 Å². The van der Waals surface area contributed by atoms with Crippen LogP contribution in [0.5, 0.6) is 0 Å². The lowest BCUT2D eigenvalue weighted by Crippen LogP contribution is -2.64. The van der Waals surface area contributed by atoms with Gasteiger partial charge >= 0.3 is 6.03 Å². The third kappa shape index (κ3) is 1.59. The molecule has 3 aliphatic heterocycles. The number of nitrogens with zero attached hydrogens (tertiary/aromatic N) is 4. The first kappa shape index (κ1) is 10.6. The molecule has 0 aromatic carbocycles. The van der Waals surface area contributed by atoms with Crippen LogP contribution in [-0.4, -0.2) is 59.8 Å². The van der Waals surface area contributed by atoms with Crippen LogP contribution in [0.2, 0.25) is 0 Å². The highest BCUT2D eigenvalue weighted by molar-refractivity contribution is 6.05. The highest BCUT2D eigenvalue weighted by atomic mass is 16.2. The van der Waals surface area contributed by atoms with Crippen molar-refractivity contribution >= 4 is 18.2 Å². The van der Waals surface area contributed by atoms with Gasteiger partial charge in [0.1, 0.15) is 11.9 Å². The summed E-state index contributed by atoms with van der Waals surface area (Å²) in [4.78, 5) is 24.9. The molecule has 6 nitrogen and oxygen atoms in total. The van der Waals surface area contributed by atoms with E-state index in [9.17, 15) is 4.79 Å². The molecule has 2 atom stereocenters. The molecule has 0 bridgehead atoms. The first-order valence-electron chi connectivity index (χ1n) is 6.22. The van der Waals surface area contributed by atoms with E-state index >= 15 is 0 Å². The standard InChI is InChI=1S/C11H17N5O/c1-2-5-16-10-8-9(14-11(16)17)12-4-3-6-15(8)7-13-10/h7-8,10H,2-6H2,1H3,(H,12,14,17). The van der Waals surface area contributed by atoms with Gasteiger partial charge in [-0.15, -0.1) is 0 Å². The van der Waals surface area contributed by atoms with Crippen LogP contribution in [0.4, 0.5) is 4.79 Å². The molecule has 0 radical (unpaired) electrons. The van der Waals surface area contributed by atoms with E-state index < -0.39 is 0 Å². The summed E-state index contributed by atoms with van der Waals surface area (Å²) in [5.74, 6) is 0.794. The molecule has 17 heavy (non-hydrogen) atoms. The van der Waals surface area contributed by atoms with Crippen LogP contribution in [0.3, 0.4) is 0 Å². The van der Waals surface area contributed by atoms with Crippen molar-refractivity contribution in [3.63, 3.8) is 0 Å². The van der Waals surface area contributed by atoms with E-state index in [1.54, 1.807) is 0 Å². The average Bonchev–Trinajstić information content (AvgIpc) is 2.63. The van der Waals surface area contributed by atoms with Gasteiger partial charge in [0.05, 0.1) is 6.34 Å². The van der Waals surface area contributed by atoms with Gasteiger partial charge in [0.25, 0.3) is 0 Å². The van der Waals surface area contributed by atoms with Crippen molar-refractivity contribution in [2.75, 3.05) is 19.6 Å². The van der Waals surface area contributed by atoms with E-state index in [4.69, 9.17) is 0 Å².